The van der Waals surface area contributed by atoms with Gasteiger partial charge in [0.25, 0.3) is 0 Å². The van der Waals surface area contributed by atoms with Gasteiger partial charge in [0.2, 0.25) is 0 Å². The molecule has 0 fully saturated rings. The molecule has 0 saturated heterocycles. The summed E-state index contributed by atoms with van der Waals surface area (Å²) in [6.45, 7) is 0.845. The second-order valence-corrected chi connectivity index (χ2v) is 3.91. The van der Waals surface area contributed by atoms with E-state index in [9.17, 15) is 0 Å². The number of nitrogens with zero attached hydrogens (tertiary/aromatic N) is 5. The van der Waals surface area contributed by atoms with Crippen LogP contribution in [-0.4, -0.2) is 36.3 Å². The van der Waals surface area contributed by atoms with Crippen LogP contribution in [0.3, 0.4) is 0 Å². The highest BCUT2D eigenvalue weighted by molar-refractivity contribution is 5.45. The van der Waals surface area contributed by atoms with Crippen LogP contribution in [0.4, 0.5) is 5.82 Å². The second-order valence-electron chi connectivity index (χ2n) is 3.91. The van der Waals surface area contributed by atoms with Gasteiger partial charge in [0.15, 0.2) is 5.65 Å². The van der Waals surface area contributed by atoms with Crippen LogP contribution < -0.4 is 5.32 Å². The molecule has 0 aromatic carbocycles. The Kier molecular flexibility index (Phi) is 2.87. The van der Waals surface area contributed by atoms with Crippen LogP contribution in [0.15, 0.2) is 30.9 Å². The van der Waals surface area contributed by atoms with E-state index < -0.39 is 0 Å². The van der Waals surface area contributed by atoms with E-state index in [-0.39, 0.29) is 0 Å². The van der Waals surface area contributed by atoms with Crippen LogP contribution in [0, 0.1) is 0 Å². The molecule has 0 unspecified atom stereocenters. The highest BCUT2D eigenvalue weighted by Gasteiger charge is 1.99. The van der Waals surface area contributed by atoms with E-state index in [0.717, 1.165) is 36.7 Å². The van der Waals surface area contributed by atoms with Crippen LogP contribution in [0.25, 0.3) is 5.65 Å². The van der Waals surface area contributed by atoms with Crippen molar-refractivity contribution in [2.45, 2.75) is 12.8 Å². The Hall–Kier alpha value is -2.44. The lowest BCUT2D eigenvalue weighted by molar-refractivity contribution is 0.803. The maximum Gasteiger partial charge on any atom is 0.157 e. The van der Waals surface area contributed by atoms with Crippen molar-refractivity contribution in [3.8, 4) is 0 Å². The van der Waals surface area contributed by atoms with E-state index in [4.69, 9.17) is 0 Å². The Morgan fingerprint density at radius 3 is 3.22 bits per heavy atom. The third kappa shape index (κ3) is 2.29. The average Bonchev–Trinajstić information content (AvgIpc) is 3.05. The van der Waals surface area contributed by atoms with Gasteiger partial charge in [-0.25, -0.2) is 14.5 Å². The summed E-state index contributed by atoms with van der Waals surface area (Å²) < 4.78 is 1.74. The van der Waals surface area contributed by atoms with Crippen molar-refractivity contribution in [1.82, 2.24) is 29.8 Å². The quantitative estimate of drug-likeness (QED) is 0.650. The predicted molar refractivity (Wildman–Crippen MR) is 66.2 cm³/mol. The van der Waals surface area contributed by atoms with E-state index in [1.54, 1.807) is 10.7 Å². The monoisotopic (exact) mass is 243 g/mol. The van der Waals surface area contributed by atoms with Gasteiger partial charge in [0.1, 0.15) is 18.0 Å². The Morgan fingerprint density at radius 2 is 2.33 bits per heavy atom. The molecule has 3 rings (SSSR count). The first kappa shape index (κ1) is 10.7. The van der Waals surface area contributed by atoms with Crippen molar-refractivity contribution in [2.24, 2.45) is 0 Å². The molecule has 0 aliphatic rings. The summed E-state index contributed by atoms with van der Waals surface area (Å²) in [5.74, 6) is 1.77. The van der Waals surface area contributed by atoms with Crippen LogP contribution in [0.2, 0.25) is 0 Å². The van der Waals surface area contributed by atoms with E-state index >= 15 is 0 Å². The lowest BCUT2D eigenvalue weighted by Gasteiger charge is -2.04. The SMILES string of the molecule is c1n[nH]c(CCCNc2ccn3nccc3n2)n1. The molecule has 0 amide bonds. The number of aromatic nitrogens is 6. The third-order valence-corrected chi connectivity index (χ3v) is 2.62. The fraction of sp³-hybridized carbons (Fsp3) is 0.273. The van der Waals surface area contributed by atoms with Gasteiger partial charge < -0.3 is 5.32 Å². The molecule has 18 heavy (non-hydrogen) atoms. The van der Waals surface area contributed by atoms with Crippen molar-refractivity contribution in [3.05, 3.63) is 36.7 Å². The summed E-state index contributed by atoms with van der Waals surface area (Å²) in [4.78, 5) is 8.50. The molecule has 0 radical (unpaired) electrons. The molecule has 0 atom stereocenters. The van der Waals surface area contributed by atoms with Crippen LogP contribution in [0.5, 0.6) is 0 Å². The lowest BCUT2D eigenvalue weighted by atomic mass is 10.3. The first-order valence-corrected chi connectivity index (χ1v) is 5.80. The highest BCUT2D eigenvalue weighted by Crippen LogP contribution is 2.06. The number of aromatic amines is 1. The summed E-state index contributed by atoms with van der Waals surface area (Å²) in [5, 5.41) is 14.0. The van der Waals surface area contributed by atoms with Crippen LogP contribution in [0.1, 0.15) is 12.2 Å². The largest absolute Gasteiger partial charge is 0.370 e. The summed E-state index contributed by atoms with van der Waals surface area (Å²) in [5.41, 5.74) is 0.843. The topological polar surface area (TPSA) is 83.8 Å². The molecule has 2 N–H and O–H groups in total. The number of hydrogen-bond acceptors (Lipinski definition) is 5. The molecule has 0 saturated carbocycles. The zero-order valence-corrected chi connectivity index (χ0v) is 9.74. The molecule has 7 heteroatoms. The number of rotatable bonds is 5. The van der Waals surface area contributed by atoms with Crippen molar-refractivity contribution in [1.29, 1.82) is 0 Å². The fourth-order valence-electron chi connectivity index (χ4n) is 1.73. The van der Waals surface area contributed by atoms with Gasteiger partial charge in [-0.2, -0.15) is 10.2 Å². The molecular formula is C11H13N7. The maximum atomic E-state index is 4.42. The summed E-state index contributed by atoms with van der Waals surface area (Å²) in [6.07, 6.45) is 7.00. The number of hydrogen-bond donors (Lipinski definition) is 2. The number of nitrogens with one attached hydrogen (secondary N) is 2. The van der Waals surface area contributed by atoms with Crippen molar-refractivity contribution < 1.29 is 0 Å². The smallest absolute Gasteiger partial charge is 0.157 e. The lowest BCUT2D eigenvalue weighted by Crippen LogP contribution is -2.06. The first-order chi connectivity index (χ1) is 8.92. The molecule has 3 heterocycles. The Balaban J connectivity index is 1.53. The Morgan fingerprint density at radius 1 is 1.33 bits per heavy atom. The van der Waals surface area contributed by atoms with E-state index in [0.29, 0.717) is 0 Å². The van der Waals surface area contributed by atoms with Crippen molar-refractivity contribution in [2.75, 3.05) is 11.9 Å². The van der Waals surface area contributed by atoms with Crippen LogP contribution in [-0.2, 0) is 6.42 Å². The number of H-pyrrole nitrogens is 1. The molecule has 3 aromatic rings. The van der Waals surface area contributed by atoms with Gasteiger partial charge in [0, 0.05) is 25.2 Å². The Bertz CT molecular complexity index is 613. The number of anilines is 1. The van der Waals surface area contributed by atoms with Crippen molar-refractivity contribution in [3.63, 3.8) is 0 Å². The highest BCUT2D eigenvalue weighted by atomic mass is 15.2. The summed E-state index contributed by atoms with van der Waals surface area (Å²) in [7, 11) is 0. The van der Waals surface area contributed by atoms with E-state index in [1.807, 2.05) is 18.3 Å². The standard InChI is InChI=1S/C11H13N7/c1(2-10-13-8-14-17-10)5-12-9-4-7-18-11(16-9)3-6-15-18/h3-4,6-8H,1-2,5H2,(H,12,16)(H,13,14,17). The number of fused-ring (bicyclic) bond motifs is 1. The predicted octanol–water partition coefficient (Wildman–Crippen LogP) is 0.892. The second kappa shape index (κ2) is 4.82. The molecule has 92 valence electrons. The molecular weight excluding hydrogens is 230 g/mol. The summed E-state index contributed by atoms with van der Waals surface area (Å²) >= 11 is 0. The minimum atomic E-state index is 0.843. The van der Waals surface area contributed by atoms with Gasteiger partial charge in [-0.05, 0) is 12.5 Å². The van der Waals surface area contributed by atoms with E-state index in [1.165, 1.54) is 6.33 Å². The van der Waals surface area contributed by atoms with Crippen LogP contribution >= 0.6 is 0 Å². The Labute approximate surface area is 103 Å². The zero-order valence-electron chi connectivity index (χ0n) is 9.74. The fourth-order valence-corrected chi connectivity index (χ4v) is 1.73. The maximum absolute atomic E-state index is 4.42. The van der Waals surface area contributed by atoms with Gasteiger partial charge >= 0.3 is 0 Å². The molecule has 0 aliphatic heterocycles. The third-order valence-electron chi connectivity index (χ3n) is 2.62. The van der Waals surface area contributed by atoms with Gasteiger partial charge in [-0.1, -0.05) is 0 Å². The molecule has 3 aromatic heterocycles. The number of aryl methyl sites for hydroxylation is 1. The molecule has 0 bridgehead atoms. The molecule has 0 spiro atoms. The van der Waals surface area contributed by atoms with Gasteiger partial charge in [-0.3, -0.25) is 5.10 Å². The van der Waals surface area contributed by atoms with Gasteiger partial charge in [0.05, 0.1) is 6.20 Å². The van der Waals surface area contributed by atoms with Crippen molar-refractivity contribution >= 4 is 11.5 Å². The van der Waals surface area contributed by atoms with E-state index in [2.05, 4.69) is 30.6 Å². The molecule has 7 nitrogen and oxygen atoms in total. The summed E-state index contributed by atoms with van der Waals surface area (Å²) in [6, 6.07) is 3.79. The minimum absolute atomic E-state index is 0.843. The zero-order chi connectivity index (χ0) is 12.2. The normalized spacial score (nSPS) is 10.9. The van der Waals surface area contributed by atoms with Gasteiger partial charge in [-0.15, -0.1) is 0 Å². The minimum Gasteiger partial charge on any atom is -0.370 e. The molecule has 0 aliphatic carbocycles. The first-order valence-electron chi connectivity index (χ1n) is 5.80. The average molecular weight is 243 g/mol.